The van der Waals surface area contributed by atoms with E-state index in [0.29, 0.717) is 23.0 Å². The summed E-state index contributed by atoms with van der Waals surface area (Å²) in [5, 5.41) is 35.7. The van der Waals surface area contributed by atoms with Crippen LogP contribution in [-0.2, 0) is 12.6 Å². The SMILES string of the molecule is O.O.O.O=C([O-])C(O)C(O)C(=O)[O-].[K+].[O]=[Sb+]. The third-order valence-electron chi connectivity index (χ3n) is 0.782. The summed E-state index contributed by atoms with van der Waals surface area (Å²) in [5.74, 6) is -4.12. The Balaban J connectivity index is -0.0000000393. The van der Waals surface area contributed by atoms with Crippen molar-refractivity contribution in [1.29, 1.82) is 0 Å². The normalized spacial score (nSPS) is 10.1. The van der Waals surface area contributed by atoms with E-state index in [0.717, 1.165) is 0 Å². The predicted molar refractivity (Wildman–Crippen MR) is 39.3 cm³/mol. The molecule has 16 heavy (non-hydrogen) atoms. The van der Waals surface area contributed by atoms with Gasteiger partial charge in [-0.05, 0) is 0 Å². The molecule has 0 aromatic carbocycles. The van der Waals surface area contributed by atoms with E-state index in [1.165, 1.54) is 0 Å². The van der Waals surface area contributed by atoms with Gasteiger partial charge in [-0.25, -0.2) is 0 Å². The standard InChI is InChI=1S/C4H6O6.K.3H2O.O.Sb/c5-1(3(7)8)2(6)4(9)10;;;;;;/h1-2,5-6H,(H,7,8)(H,9,10);;3*1H2;;/q;+1;;;;;+1/p-2. The van der Waals surface area contributed by atoms with Gasteiger partial charge in [0.1, 0.15) is 12.2 Å². The van der Waals surface area contributed by atoms with Crippen molar-refractivity contribution in [3.63, 3.8) is 0 Å². The van der Waals surface area contributed by atoms with Gasteiger partial charge in [-0.3, -0.25) is 0 Å². The number of rotatable bonds is 3. The van der Waals surface area contributed by atoms with Gasteiger partial charge in [-0.15, -0.1) is 0 Å². The second kappa shape index (κ2) is 21.3. The maximum absolute atomic E-state index is 9.63. The van der Waals surface area contributed by atoms with Crippen LogP contribution in [0.2, 0.25) is 0 Å². The summed E-state index contributed by atoms with van der Waals surface area (Å²) < 4.78 is 8.30. The van der Waals surface area contributed by atoms with E-state index in [-0.39, 0.29) is 67.8 Å². The van der Waals surface area contributed by atoms with Crippen molar-refractivity contribution in [2.75, 3.05) is 0 Å². The van der Waals surface area contributed by atoms with Crippen molar-refractivity contribution in [2.24, 2.45) is 0 Å². The summed E-state index contributed by atoms with van der Waals surface area (Å²) in [5.41, 5.74) is 0. The summed E-state index contributed by atoms with van der Waals surface area (Å²) in [7, 11) is 0. The number of hydrogen-bond donors (Lipinski definition) is 2. The zero-order valence-electron chi connectivity index (χ0n) is 8.04. The number of carbonyl (C=O) groups is 2. The fraction of sp³-hybridized carbons (Fsp3) is 0.500. The van der Waals surface area contributed by atoms with Crippen LogP contribution in [-0.4, -0.2) is 73.8 Å². The van der Waals surface area contributed by atoms with E-state index in [9.17, 15) is 19.8 Å². The average Bonchev–Trinajstić information content (AvgIpc) is 2.05. The number of aliphatic hydroxyl groups excluding tert-OH is 2. The Morgan fingerprint density at radius 3 is 1.06 bits per heavy atom. The Bertz CT molecular complexity index is 158. The molecule has 0 saturated heterocycles. The van der Waals surface area contributed by atoms with Gasteiger partial charge in [0.05, 0.1) is 11.9 Å². The van der Waals surface area contributed by atoms with E-state index in [4.69, 9.17) is 13.2 Å². The summed E-state index contributed by atoms with van der Waals surface area (Å²) in [6, 6.07) is 0. The molecular weight excluding hydrogens is 369 g/mol. The molecule has 0 rings (SSSR count). The van der Waals surface area contributed by atoms with Crippen LogP contribution in [0.5, 0.6) is 0 Å². The molecule has 0 aromatic rings. The molecule has 0 aliphatic rings. The maximum atomic E-state index is 9.63. The van der Waals surface area contributed by atoms with Crippen LogP contribution in [0.25, 0.3) is 0 Å². The van der Waals surface area contributed by atoms with E-state index in [1.807, 2.05) is 0 Å². The number of carboxylic acid groups (broad SMARTS) is 2. The first-order chi connectivity index (χ1) is 5.46. The van der Waals surface area contributed by atoms with Gasteiger partial charge >= 0.3 is 77.4 Å². The molecule has 2 radical (unpaired) electrons. The van der Waals surface area contributed by atoms with Gasteiger partial charge in [0.15, 0.2) is 0 Å². The van der Waals surface area contributed by atoms with Crippen LogP contribution in [0, 0.1) is 0 Å². The molecule has 2 unspecified atom stereocenters. The van der Waals surface area contributed by atoms with Gasteiger partial charge < -0.3 is 46.4 Å². The van der Waals surface area contributed by atoms with Gasteiger partial charge in [0.25, 0.3) is 0 Å². The van der Waals surface area contributed by atoms with Crippen molar-refractivity contribution in [2.45, 2.75) is 12.2 Å². The van der Waals surface area contributed by atoms with Gasteiger partial charge in [-0.1, -0.05) is 0 Å². The molecule has 2 atom stereocenters. The van der Waals surface area contributed by atoms with E-state index in [1.54, 1.807) is 0 Å². The Hall–Kier alpha value is 0.995. The van der Waals surface area contributed by atoms with Gasteiger partial charge in [0.2, 0.25) is 0 Å². The summed E-state index contributed by atoms with van der Waals surface area (Å²) in [6.07, 6.45) is -4.88. The van der Waals surface area contributed by atoms with Gasteiger partial charge in [-0.2, -0.15) is 0 Å². The van der Waals surface area contributed by atoms with Crippen LogP contribution < -0.4 is 61.6 Å². The van der Waals surface area contributed by atoms with E-state index < -0.39 is 24.1 Å². The molecule has 0 amide bonds. The van der Waals surface area contributed by atoms with Crippen LogP contribution >= 0.6 is 0 Å². The monoisotopic (exact) mass is 378 g/mol. The van der Waals surface area contributed by atoms with E-state index in [2.05, 4.69) is 0 Å². The Labute approximate surface area is 146 Å². The molecule has 8 N–H and O–H groups in total. The van der Waals surface area contributed by atoms with Crippen molar-refractivity contribution in [3.05, 3.63) is 0 Å². The molecule has 0 spiro atoms. The molecule has 10 nitrogen and oxygen atoms in total. The van der Waals surface area contributed by atoms with Crippen molar-refractivity contribution in [3.8, 4) is 0 Å². The molecular formula is C4H10KO10Sb. The first kappa shape index (κ1) is 36.0. The molecule has 0 fully saturated rings. The second-order valence-corrected chi connectivity index (χ2v) is 1.53. The van der Waals surface area contributed by atoms with Crippen molar-refractivity contribution in [1.82, 2.24) is 0 Å². The van der Waals surface area contributed by atoms with Crippen molar-refractivity contribution < 1.29 is 101 Å². The minimum atomic E-state index is -2.44. The molecule has 0 aromatic heterocycles. The topological polar surface area (TPSA) is 232 Å². The Morgan fingerprint density at radius 2 is 1.00 bits per heavy atom. The average molecular weight is 379 g/mol. The summed E-state index contributed by atoms with van der Waals surface area (Å²) in [4.78, 5) is 19.3. The predicted octanol–water partition coefficient (Wildman–Crippen LogP) is -10.8. The van der Waals surface area contributed by atoms with Crippen LogP contribution in [0.1, 0.15) is 0 Å². The summed E-state index contributed by atoms with van der Waals surface area (Å²) >= 11 is 0.500. The Morgan fingerprint density at radius 1 is 0.875 bits per heavy atom. The van der Waals surface area contributed by atoms with E-state index >= 15 is 0 Å². The number of aliphatic hydroxyl groups is 2. The first-order valence-electron chi connectivity index (χ1n) is 2.43. The molecule has 0 aliphatic heterocycles. The van der Waals surface area contributed by atoms with Gasteiger partial charge in [0, 0.05) is 0 Å². The zero-order chi connectivity index (χ0) is 10.3. The molecule has 0 aliphatic carbocycles. The van der Waals surface area contributed by atoms with Crippen LogP contribution in [0.4, 0.5) is 0 Å². The fourth-order valence-electron chi connectivity index (χ4n) is 0.258. The quantitative estimate of drug-likeness (QED) is 0.449. The second-order valence-electron chi connectivity index (χ2n) is 1.53. The van der Waals surface area contributed by atoms with Crippen LogP contribution in [0.3, 0.4) is 0 Å². The zero-order valence-corrected chi connectivity index (χ0v) is 13.7. The third kappa shape index (κ3) is 17.4. The molecule has 12 heteroatoms. The molecule has 0 bridgehead atoms. The fourth-order valence-corrected chi connectivity index (χ4v) is 0.258. The first-order valence-corrected chi connectivity index (χ1v) is 3.47. The van der Waals surface area contributed by atoms with Crippen LogP contribution in [0.15, 0.2) is 0 Å². The Kier molecular flexibility index (Phi) is 47.9. The molecule has 0 saturated carbocycles. The van der Waals surface area contributed by atoms with Crippen molar-refractivity contribution >= 4 is 35.0 Å². The third-order valence-corrected chi connectivity index (χ3v) is 0.782. The molecule has 0 heterocycles. The number of aliphatic carboxylic acids is 2. The number of carbonyl (C=O) groups excluding carboxylic acids is 2. The minimum absolute atomic E-state index is 0. The number of carboxylic acids is 2. The summed E-state index contributed by atoms with van der Waals surface area (Å²) in [6.45, 7) is 0. The molecule has 92 valence electrons. The number of hydrogen-bond acceptors (Lipinski definition) is 7.